The minimum Gasteiger partial charge on any atom is -0.485 e. The number of benzene rings is 3. The molecule has 1 aromatic heterocycles. The van der Waals surface area contributed by atoms with Gasteiger partial charge in [-0.25, -0.2) is 9.18 Å². The lowest BCUT2D eigenvalue weighted by Crippen LogP contribution is -2.27. The second kappa shape index (κ2) is 10.4. The monoisotopic (exact) mass is 540 g/mol. The summed E-state index contributed by atoms with van der Waals surface area (Å²) in [5.74, 6) is -1.32. The molecule has 1 N–H and O–H groups in total. The van der Waals surface area contributed by atoms with Crippen LogP contribution in [0.15, 0.2) is 71.5 Å². The lowest BCUT2D eigenvalue weighted by molar-refractivity contribution is -0.137. The SMILES string of the molecule is C[C@H](Oc1cc(-n2nc3n(c2=O)CCCC3)c(F)cc1C(=O)Nc1cccc(C(F)(F)F)c1)c1ccccc1. The van der Waals surface area contributed by atoms with Crippen LogP contribution in [0.2, 0.25) is 0 Å². The zero-order chi connectivity index (χ0) is 27.7. The standard InChI is InChI=1S/C28H24F4N4O3/c1-17(18-8-3-2-4-9-18)39-24-16-23(36-27(38)35-13-6-5-12-25(35)34-36)22(29)15-21(24)26(37)33-20-11-7-10-19(14-20)28(30,31)32/h2-4,7-11,14-17H,5-6,12-13H2,1H3,(H,33,37)/t17-/m0/s1. The smallest absolute Gasteiger partial charge is 0.416 e. The van der Waals surface area contributed by atoms with Gasteiger partial charge in [0, 0.05) is 24.7 Å². The van der Waals surface area contributed by atoms with E-state index in [4.69, 9.17) is 4.74 Å². The summed E-state index contributed by atoms with van der Waals surface area (Å²) < 4.78 is 63.4. The summed E-state index contributed by atoms with van der Waals surface area (Å²) in [6.07, 6.45) is -2.95. The van der Waals surface area contributed by atoms with Gasteiger partial charge >= 0.3 is 11.9 Å². The van der Waals surface area contributed by atoms with Crippen molar-refractivity contribution >= 4 is 11.6 Å². The number of nitrogens with zero attached hydrogens (tertiary/aromatic N) is 3. The van der Waals surface area contributed by atoms with E-state index in [1.807, 2.05) is 30.3 Å². The van der Waals surface area contributed by atoms with Gasteiger partial charge in [0.15, 0.2) is 0 Å². The highest BCUT2D eigenvalue weighted by Crippen LogP contribution is 2.33. The molecule has 0 radical (unpaired) electrons. The fourth-order valence-corrected chi connectivity index (χ4v) is 4.49. The molecule has 202 valence electrons. The zero-order valence-corrected chi connectivity index (χ0v) is 20.8. The molecule has 0 saturated heterocycles. The highest BCUT2D eigenvalue weighted by molar-refractivity contribution is 6.06. The van der Waals surface area contributed by atoms with Crippen LogP contribution in [0.4, 0.5) is 23.2 Å². The molecule has 1 amide bonds. The molecule has 2 heterocycles. The minimum absolute atomic E-state index is 0.0647. The second-order valence-corrected chi connectivity index (χ2v) is 9.22. The van der Waals surface area contributed by atoms with E-state index in [0.717, 1.165) is 47.4 Å². The van der Waals surface area contributed by atoms with Crippen molar-refractivity contribution in [3.05, 3.63) is 106 Å². The van der Waals surface area contributed by atoms with Gasteiger partial charge in [0.25, 0.3) is 5.91 Å². The van der Waals surface area contributed by atoms with Crippen molar-refractivity contribution in [2.45, 2.75) is 45.0 Å². The largest absolute Gasteiger partial charge is 0.485 e. The zero-order valence-electron chi connectivity index (χ0n) is 20.8. The Hall–Kier alpha value is -4.41. The van der Waals surface area contributed by atoms with Crippen molar-refractivity contribution in [2.24, 2.45) is 0 Å². The third-order valence-electron chi connectivity index (χ3n) is 6.51. The third kappa shape index (κ3) is 5.43. The number of hydrogen-bond acceptors (Lipinski definition) is 4. The highest BCUT2D eigenvalue weighted by atomic mass is 19.4. The van der Waals surface area contributed by atoms with Gasteiger partial charge in [-0.05, 0) is 49.6 Å². The first kappa shape index (κ1) is 26.2. The molecular formula is C28H24F4N4O3. The van der Waals surface area contributed by atoms with Crippen molar-refractivity contribution in [1.82, 2.24) is 14.3 Å². The molecule has 39 heavy (non-hydrogen) atoms. The van der Waals surface area contributed by atoms with Crippen molar-refractivity contribution in [2.75, 3.05) is 5.32 Å². The molecule has 4 aromatic rings. The van der Waals surface area contributed by atoms with Crippen LogP contribution in [-0.4, -0.2) is 20.3 Å². The maximum atomic E-state index is 15.4. The lowest BCUT2D eigenvalue weighted by Gasteiger charge is -2.19. The predicted molar refractivity (Wildman–Crippen MR) is 136 cm³/mol. The molecule has 7 nitrogen and oxygen atoms in total. The molecule has 0 saturated carbocycles. The van der Waals surface area contributed by atoms with Gasteiger partial charge in [-0.3, -0.25) is 9.36 Å². The number of aromatic nitrogens is 3. The molecule has 3 aromatic carbocycles. The van der Waals surface area contributed by atoms with E-state index in [-0.39, 0.29) is 22.7 Å². The number of fused-ring (bicyclic) bond motifs is 1. The van der Waals surface area contributed by atoms with E-state index in [2.05, 4.69) is 10.4 Å². The van der Waals surface area contributed by atoms with Crippen LogP contribution in [0.3, 0.4) is 0 Å². The minimum atomic E-state index is -4.61. The molecule has 5 rings (SSSR count). The summed E-state index contributed by atoms with van der Waals surface area (Å²) in [7, 11) is 0. The quantitative estimate of drug-likeness (QED) is 0.308. The van der Waals surface area contributed by atoms with Gasteiger partial charge in [-0.2, -0.15) is 17.9 Å². The summed E-state index contributed by atoms with van der Waals surface area (Å²) in [4.78, 5) is 26.2. The van der Waals surface area contributed by atoms with Gasteiger partial charge in [-0.1, -0.05) is 36.4 Å². The molecule has 0 unspecified atom stereocenters. The Morgan fingerprint density at radius 2 is 1.82 bits per heavy atom. The summed E-state index contributed by atoms with van der Waals surface area (Å²) in [6.45, 7) is 2.20. The molecule has 1 aliphatic heterocycles. The predicted octanol–water partition coefficient (Wildman–Crippen LogP) is 5.92. The Morgan fingerprint density at radius 1 is 1.05 bits per heavy atom. The number of rotatable bonds is 6. The number of alkyl halides is 3. The topological polar surface area (TPSA) is 78.2 Å². The average Bonchev–Trinajstić information content (AvgIpc) is 3.25. The first-order valence-electron chi connectivity index (χ1n) is 12.3. The molecule has 1 aliphatic rings. The van der Waals surface area contributed by atoms with Gasteiger partial charge in [0.05, 0.1) is 11.1 Å². The number of aryl methyl sites for hydroxylation is 1. The van der Waals surface area contributed by atoms with Crippen LogP contribution >= 0.6 is 0 Å². The van der Waals surface area contributed by atoms with E-state index in [1.54, 1.807) is 6.92 Å². The van der Waals surface area contributed by atoms with E-state index in [0.29, 0.717) is 18.8 Å². The fourth-order valence-electron chi connectivity index (χ4n) is 4.49. The summed E-state index contributed by atoms with van der Waals surface area (Å²) in [6, 6.07) is 15.3. The Bertz CT molecular complexity index is 1580. The maximum Gasteiger partial charge on any atom is 0.416 e. The number of carbonyl (C=O) groups is 1. The van der Waals surface area contributed by atoms with Crippen LogP contribution in [-0.2, 0) is 19.1 Å². The number of anilines is 1. The number of carbonyl (C=O) groups excluding carboxylic acids is 1. The third-order valence-corrected chi connectivity index (χ3v) is 6.51. The summed E-state index contributed by atoms with van der Waals surface area (Å²) in [5.41, 5.74) is -1.27. The van der Waals surface area contributed by atoms with E-state index >= 15 is 4.39 Å². The number of halogens is 4. The highest BCUT2D eigenvalue weighted by Gasteiger charge is 2.31. The molecule has 0 spiro atoms. The first-order chi connectivity index (χ1) is 18.6. The van der Waals surface area contributed by atoms with Crippen molar-refractivity contribution in [3.8, 4) is 11.4 Å². The average molecular weight is 541 g/mol. The van der Waals surface area contributed by atoms with Crippen LogP contribution in [0.5, 0.6) is 5.75 Å². The normalized spacial score (nSPS) is 14.0. The Kier molecular flexibility index (Phi) is 6.98. The Labute approximate surface area is 220 Å². The molecular weight excluding hydrogens is 516 g/mol. The van der Waals surface area contributed by atoms with Crippen molar-refractivity contribution < 1.29 is 27.1 Å². The Morgan fingerprint density at radius 3 is 2.54 bits per heavy atom. The lowest BCUT2D eigenvalue weighted by atomic mass is 10.1. The van der Waals surface area contributed by atoms with Crippen LogP contribution in [0.25, 0.3) is 5.69 Å². The van der Waals surface area contributed by atoms with Gasteiger partial charge in [0.2, 0.25) is 0 Å². The number of hydrogen-bond donors (Lipinski definition) is 1. The molecule has 0 fully saturated rings. The van der Waals surface area contributed by atoms with E-state index < -0.39 is 35.3 Å². The molecule has 0 aliphatic carbocycles. The number of nitrogens with one attached hydrogen (secondary N) is 1. The number of ether oxygens (including phenoxy) is 1. The van der Waals surface area contributed by atoms with E-state index in [9.17, 15) is 22.8 Å². The molecule has 0 bridgehead atoms. The van der Waals surface area contributed by atoms with Crippen LogP contribution < -0.4 is 15.7 Å². The molecule has 1 atom stereocenters. The van der Waals surface area contributed by atoms with Crippen molar-refractivity contribution in [1.29, 1.82) is 0 Å². The summed E-state index contributed by atoms with van der Waals surface area (Å²) >= 11 is 0. The van der Waals surface area contributed by atoms with Crippen molar-refractivity contribution in [3.63, 3.8) is 0 Å². The van der Waals surface area contributed by atoms with Crippen LogP contribution in [0, 0.1) is 5.82 Å². The van der Waals surface area contributed by atoms with Gasteiger partial charge in [-0.15, -0.1) is 5.10 Å². The van der Waals surface area contributed by atoms with Crippen LogP contribution in [0.1, 0.15) is 53.2 Å². The summed E-state index contributed by atoms with van der Waals surface area (Å²) in [5, 5.41) is 6.69. The maximum absolute atomic E-state index is 15.4. The number of amides is 1. The molecule has 11 heteroatoms. The van der Waals surface area contributed by atoms with E-state index in [1.165, 1.54) is 16.7 Å². The van der Waals surface area contributed by atoms with Gasteiger partial charge in [0.1, 0.15) is 29.2 Å². The second-order valence-electron chi connectivity index (χ2n) is 9.22. The first-order valence-corrected chi connectivity index (χ1v) is 12.3. The Balaban J connectivity index is 1.55. The fraction of sp³-hybridized carbons (Fsp3) is 0.250. The van der Waals surface area contributed by atoms with Gasteiger partial charge < -0.3 is 10.1 Å².